The Morgan fingerprint density at radius 3 is 2.57 bits per heavy atom. The monoisotopic (exact) mass is 340 g/mol. The van der Waals surface area contributed by atoms with Gasteiger partial charge in [-0.25, -0.2) is 4.79 Å². The van der Waals surface area contributed by atoms with Gasteiger partial charge in [-0.1, -0.05) is 35.3 Å². The van der Waals surface area contributed by atoms with Gasteiger partial charge in [-0.15, -0.1) is 0 Å². The predicted octanol–water partition coefficient (Wildman–Crippen LogP) is 1.67. The number of hydrogen-bond donors (Lipinski definition) is 1. The number of benzene rings is 1. The first-order valence-corrected chi connectivity index (χ1v) is 8.39. The number of aliphatic carboxylic acids is 1. The summed E-state index contributed by atoms with van der Waals surface area (Å²) in [7, 11) is 1.29. The van der Waals surface area contributed by atoms with Gasteiger partial charge in [0.25, 0.3) is 0 Å². The molecule has 0 bridgehead atoms. The average Bonchev–Trinajstić information content (AvgIpc) is 2.53. The zero-order valence-corrected chi connectivity index (χ0v) is 13.5. The lowest BCUT2D eigenvalue weighted by Gasteiger charge is -2.37. The first kappa shape index (κ1) is 17.4. The highest BCUT2D eigenvalue weighted by Crippen LogP contribution is 2.35. The standard InChI is InChI=1S/C15H19NO6S/c1-22-15(19)16-7-6-12(14(17)18)8-13(16)11-4-2-10(3-5-11)9-23(20)21/h2-5,12-13H,6-9H2,1H3,(H,17,18)(H,20,21)/p-1. The molecule has 1 aliphatic rings. The third kappa shape index (κ3) is 4.29. The largest absolute Gasteiger partial charge is 0.772 e. The van der Waals surface area contributed by atoms with Crippen molar-refractivity contribution in [2.45, 2.75) is 24.6 Å². The van der Waals surface area contributed by atoms with Crippen LogP contribution in [0.4, 0.5) is 4.79 Å². The van der Waals surface area contributed by atoms with E-state index in [9.17, 15) is 23.5 Å². The molecule has 1 amide bonds. The van der Waals surface area contributed by atoms with Gasteiger partial charge in [0.05, 0.1) is 19.1 Å². The molecule has 3 unspecified atom stereocenters. The van der Waals surface area contributed by atoms with Crippen LogP contribution in [-0.2, 0) is 26.4 Å². The van der Waals surface area contributed by atoms with E-state index in [0.29, 0.717) is 24.9 Å². The molecule has 0 aromatic heterocycles. The Balaban J connectivity index is 2.24. The fourth-order valence-electron chi connectivity index (χ4n) is 2.81. The second-order valence-corrected chi connectivity index (χ2v) is 6.32. The maximum Gasteiger partial charge on any atom is 0.409 e. The van der Waals surface area contributed by atoms with Gasteiger partial charge < -0.3 is 19.3 Å². The van der Waals surface area contributed by atoms with Crippen LogP contribution < -0.4 is 0 Å². The molecule has 7 nitrogen and oxygen atoms in total. The molecule has 1 aromatic carbocycles. The Labute approximate surface area is 136 Å². The van der Waals surface area contributed by atoms with E-state index in [1.54, 1.807) is 24.3 Å². The van der Waals surface area contributed by atoms with Crippen molar-refractivity contribution in [2.24, 2.45) is 5.92 Å². The third-order valence-corrected chi connectivity index (χ3v) is 4.58. The van der Waals surface area contributed by atoms with Gasteiger partial charge in [-0.3, -0.25) is 9.00 Å². The van der Waals surface area contributed by atoms with Gasteiger partial charge in [0.15, 0.2) is 0 Å². The van der Waals surface area contributed by atoms with E-state index in [0.717, 1.165) is 5.56 Å². The lowest BCUT2D eigenvalue weighted by molar-refractivity contribution is -0.144. The van der Waals surface area contributed by atoms with Gasteiger partial charge >= 0.3 is 12.1 Å². The summed E-state index contributed by atoms with van der Waals surface area (Å²) in [6, 6.07) is 6.40. The van der Waals surface area contributed by atoms with Crippen molar-refractivity contribution in [1.82, 2.24) is 4.90 Å². The van der Waals surface area contributed by atoms with Crippen molar-refractivity contribution >= 4 is 23.1 Å². The van der Waals surface area contributed by atoms with Crippen molar-refractivity contribution in [3.8, 4) is 0 Å². The maximum atomic E-state index is 11.9. The molecule has 8 heteroatoms. The van der Waals surface area contributed by atoms with Gasteiger partial charge in [-0.2, -0.15) is 0 Å². The zero-order chi connectivity index (χ0) is 17.0. The molecule has 0 aliphatic carbocycles. The molecule has 1 N–H and O–H groups in total. The van der Waals surface area contributed by atoms with E-state index in [1.165, 1.54) is 12.0 Å². The maximum absolute atomic E-state index is 11.9. The highest BCUT2D eigenvalue weighted by atomic mass is 32.2. The minimum atomic E-state index is -2.17. The smallest absolute Gasteiger partial charge is 0.409 e. The van der Waals surface area contributed by atoms with E-state index in [-0.39, 0.29) is 5.75 Å². The SMILES string of the molecule is COC(=O)N1CCC(C(=O)O)CC1c1ccc(CS(=O)[O-])cc1. The summed E-state index contributed by atoms with van der Waals surface area (Å²) in [5.74, 6) is -1.48. The number of carboxylic acids is 1. The van der Waals surface area contributed by atoms with Crippen LogP contribution in [0.2, 0.25) is 0 Å². The van der Waals surface area contributed by atoms with E-state index >= 15 is 0 Å². The highest BCUT2D eigenvalue weighted by molar-refractivity contribution is 7.78. The summed E-state index contributed by atoms with van der Waals surface area (Å²) in [5.41, 5.74) is 1.40. The Morgan fingerprint density at radius 1 is 1.39 bits per heavy atom. The summed E-state index contributed by atoms with van der Waals surface area (Å²) in [6.07, 6.45) is 0.189. The summed E-state index contributed by atoms with van der Waals surface area (Å²) in [6.45, 7) is 0.306. The minimum Gasteiger partial charge on any atom is -0.772 e. The molecule has 126 valence electrons. The summed E-state index contributed by atoms with van der Waals surface area (Å²) < 4.78 is 26.2. The number of rotatable bonds is 4. The van der Waals surface area contributed by atoms with Crippen molar-refractivity contribution in [1.29, 1.82) is 0 Å². The number of likely N-dealkylation sites (tertiary alicyclic amines) is 1. The first-order chi connectivity index (χ1) is 10.9. The number of carbonyl (C=O) groups is 2. The van der Waals surface area contributed by atoms with Crippen LogP contribution in [0.1, 0.15) is 30.0 Å². The van der Waals surface area contributed by atoms with Crippen molar-refractivity contribution in [3.63, 3.8) is 0 Å². The Kier molecular flexibility index (Phi) is 5.73. The van der Waals surface area contributed by atoms with Crippen LogP contribution in [0.25, 0.3) is 0 Å². The molecule has 3 atom stereocenters. The van der Waals surface area contributed by atoms with Gasteiger partial charge in [-0.05, 0) is 24.0 Å². The lowest BCUT2D eigenvalue weighted by Crippen LogP contribution is -2.42. The minimum absolute atomic E-state index is 0.0799. The second kappa shape index (κ2) is 7.56. The van der Waals surface area contributed by atoms with Gasteiger partial charge in [0.1, 0.15) is 0 Å². The molecular weight excluding hydrogens is 322 g/mol. The van der Waals surface area contributed by atoms with Crippen LogP contribution >= 0.6 is 0 Å². The molecule has 1 heterocycles. The lowest BCUT2D eigenvalue weighted by atomic mass is 9.87. The van der Waals surface area contributed by atoms with E-state index < -0.39 is 35.1 Å². The Bertz CT molecular complexity index is 602. The number of amides is 1. The highest BCUT2D eigenvalue weighted by Gasteiger charge is 2.36. The van der Waals surface area contributed by atoms with Gasteiger partial charge in [0, 0.05) is 12.3 Å². The molecule has 0 radical (unpaired) electrons. The van der Waals surface area contributed by atoms with Crippen molar-refractivity contribution in [3.05, 3.63) is 35.4 Å². The van der Waals surface area contributed by atoms with Crippen molar-refractivity contribution in [2.75, 3.05) is 13.7 Å². The summed E-state index contributed by atoms with van der Waals surface area (Å²) in [5, 5.41) is 9.23. The summed E-state index contributed by atoms with van der Waals surface area (Å²) >= 11 is -2.17. The zero-order valence-electron chi connectivity index (χ0n) is 12.6. The van der Waals surface area contributed by atoms with Crippen LogP contribution in [0.5, 0.6) is 0 Å². The quantitative estimate of drug-likeness (QED) is 0.836. The van der Waals surface area contributed by atoms with Crippen LogP contribution in [0, 0.1) is 5.92 Å². The molecule has 1 saturated heterocycles. The number of carbonyl (C=O) groups excluding carboxylic acids is 1. The van der Waals surface area contributed by atoms with E-state index in [4.69, 9.17) is 4.74 Å². The molecule has 1 fully saturated rings. The number of ether oxygens (including phenoxy) is 1. The van der Waals surface area contributed by atoms with Crippen LogP contribution in [0.15, 0.2) is 24.3 Å². The van der Waals surface area contributed by atoms with Crippen molar-refractivity contribution < 1.29 is 28.2 Å². The first-order valence-electron chi connectivity index (χ1n) is 7.14. The Hall–Kier alpha value is -1.93. The average molecular weight is 340 g/mol. The Morgan fingerprint density at radius 2 is 2.04 bits per heavy atom. The molecule has 0 saturated carbocycles. The molecular formula is C15H18NO6S-. The molecule has 1 aliphatic heterocycles. The number of nitrogens with zero attached hydrogens (tertiary/aromatic N) is 1. The number of hydrogen-bond acceptors (Lipinski definition) is 5. The van der Waals surface area contributed by atoms with Gasteiger partial charge in [0.2, 0.25) is 0 Å². The fourth-order valence-corrected chi connectivity index (χ4v) is 3.28. The molecule has 23 heavy (non-hydrogen) atoms. The number of methoxy groups -OCH3 is 1. The van der Waals surface area contributed by atoms with Crippen LogP contribution in [0.3, 0.4) is 0 Å². The molecule has 2 rings (SSSR count). The predicted molar refractivity (Wildman–Crippen MR) is 81.3 cm³/mol. The van der Waals surface area contributed by atoms with E-state index in [2.05, 4.69) is 0 Å². The third-order valence-electron chi connectivity index (χ3n) is 4.01. The van der Waals surface area contributed by atoms with Crippen LogP contribution in [-0.4, -0.2) is 44.5 Å². The van der Waals surface area contributed by atoms with E-state index in [1.807, 2.05) is 0 Å². The fraction of sp³-hybridized carbons (Fsp3) is 0.467. The molecule has 1 aromatic rings. The number of piperidine rings is 1. The second-order valence-electron chi connectivity index (χ2n) is 5.43. The normalized spacial score (nSPS) is 22.4. The topological polar surface area (TPSA) is 107 Å². The number of carboxylic acid groups (broad SMARTS) is 1. The molecule has 0 spiro atoms. The summed E-state index contributed by atoms with van der Waals surface area (Å²) in [4.78, 5) is 24.7.